The van der Waals surface area contributed by atoms with Crippen LogP contribution in [0.25, 0.3) is 11.2 Å². The summed E-state index contributed by atoms with van der Waals surface area (Å²) in [6.07, 6.45) is 8.90. The second kappa shape index (κ2) is 9.99. The number of pyridine rings is 1. The molecule has 2 atom stereocenters. The molecular formula is C24H29BN6OS. The zero-order valence-electron chi connectivity index (χ0n) is 19.3. The van der Waals surface area contributed by atoms with Gasteiger partial charge in [0.15, 0.2) is 5.65 Å². The molecule has 7 nitrogen and oxygen atoms in total. The van der Waals surface area contributed by atoms with Gasteiger partial charge in [0.1, 0.15) is 19.2 Å². The molecule has 0 bridgehead atoms. The number of carbonyl (C=O) groups excluding carboxylic acids is 1. The van der Waals surface area contributed by atoms with Crippen molar-refractivity contribution in [2.24, 2.45) is 5.92 Å². The van der Waals surface area contributed by atoms with Crippen molar-refractivity contribution < 1.29 is 4.79 Å². The molecule has 0 spiro atoms. The van der Waals surface area contributed by atoms with E-state index in [9.17, 15) is 4.79 Å². The number of nitrogens with zero attached hydrogens (tertiary/aromatic N) is 3. The number of hydrogen-bond donors (Lipinski definition) is 3. The van der Waals surface area contributed by atoms with E-state index in [0.29, 0.717) is 34.3 Å². The maximum absolute atomic E-state index is 12.5. The molecule has 170 valence electrons. The van der Waals surface area contributed by atoms with Crippen molar-refractivity contribution in [2.75, 3.05) is 22.2 Å². The summed E-state index contributed by atoms with van der Waals surface area (Å²) in [6, 6.07) is 9.12. The Morgan fingerprint density at radius 2 is 1.94 bits per heavy atom. The number of hydrogen-bond acceptors (Lipinski definition) is 6. The van der Waals surface area contributed by atoms with E-state index in [0.717, 1.165) is 36.3 Å². The third-order valence-corrected chi connectivity index (χ3v) is 6.85. The van der Waals surface area contributed by atoms with Crippen LogP contribution in [0.3, 0.4) is 0 Å². The molecule has 3 aromatic rings. The Bertz CT molecular complexity index is 1140. The zero-order valence-corrected chi connectivity index (χ0v) is 20.1. The van der Waals surface area contributed by atoms with Crippen LogP contribution < -0.4 is 16.0 Å². The predicted molar refractivity (Wildman–Crippen MR) is 137 cm³/mol. The molecule has 0 aliphatic heterocycles. The number of aromatic nitrogens is 3. The number of anilines is 3. The third kappa shape index (κ3) is 5.96. The molecule has 4 rings (SSSR count). The predicted octanol–water partition coefficient (Wildman–Crippen LogP) is 5.58. The number of nitrogens with one attached hydrogen (secondary N) is 3. The lowest BCUT2D eigenvalue weighted by Crippen LogP contribution is -2.38. The van der Waals surface area contributed by atoms with E-state index in [1.165, 1.54) is 6.42 Å². The molecular weight excluding hydrogens is 431 g/mol. The number of fused-ring (bicyclic) bond motifs is 1. The highest BCUT2D eigenvalue weighted by Gasteiger charge is 2.27. The van der Waals surface area contributed by atoms with Gasteiger partial charge in [0.2, 0.25) is 0 Å². The Balaban J connectivity index is 1.46. The molecule has 9 heteroatoms. The quantitative estimate of drug-likeness (QED) is 0.262. The average molecular weight is 460 g/mol. The monoisotopic (exact) mass is 460 g/mol. The Morgan fingerprint density at radius 3 is 2.70 bits per heavy atom. The molecule has 1 fully saturated rings. The average Bonchev–Trinajstić information content (AvgIpc) is 2.95. The van der Waals surface area contributed by atoms with E-state index in [4.69, 9.17) is 7.85 Å². The van der Waals surface area contributed by atoms with Crippen molar-refractivity contribution in [3.8, 4) is 0 Å². The van der Waals surface area contributed by atoms with E-state index in [1.54, 1.807) is 24.0 Å². The summed E-state index contributed by atoms with van der Waals surface area (Å²) < 4.78 is 0. The number of aryl methyl sites for hydroxylation is 1. The highest BCUT2D eigenvalue weighted by molar-refractivity contribution is 7.98. The second-order valence-corrected chi connectivity index (χ2v) is 9.72. The van der Waals surface area contributed by atoms with Crippen LogP contribution in [0.4, 0.5) is 22.0 Å². The molecule has 0 saturated heterocycles. The summed E-state index contributed by atoms with van der Waals surface area (Å²) in [4.78, 5) is 27.3. The van der Waals surface area contributed by atoms with Crippen molar-refractivity contribution in [3.63, 3.8) is 0 Å². The van der Waals surface area contributed by atoms with Crippen molar-refractivity contribution in [1.29, 1.82) is 0 Å². The number of amides is 2. The molecule has 1 aromatic carbocycles. The van der Waals surface area contributed by atoms with Gasteiger partial charge in [-0.3, -0.25) is 0 Å². The summed E-state index contributed by atoms with van der Waals surface area (Å²) in [5, 5.41) is 9.09. The van der Waals surface area contributed by atoms with Gasteiger partial charge >= 0.3 is 6.03 Å². The van der Waals surface area contributed by atoms with E-state index in [-0.39, 0.29) is 6.03 Å². The molecule has 1 aliphatic rings. The Hall–Kier alpha value is -2.81. The van der Waals surface area contributed by atoms with Gasteiger partial charge in [-0.25, -0.2) is 19.7 Å². The van der Waals surface area contributed by atoms with Crippen LogP contribution in [0.5, 0.6) is 0 Å². The lowest BCUT2D eigenvalue weighted by molar-refractivity contribution is 0.262. The van der Waals surface area contributed by atoms with Crippen LogP contribution in [-0.2, 0) is 0 Å². The summed E-state index contributed by atoms with van der Waals surface area (Å²) in [7, 11) is 6.63. The third-order valence-electron chi connectivity index (χ3n) is 6.10. The number of urea groups is 1. The smallest absolute Gasteiger partial charge is 0.323 e. The minimum absolute atomic E-state index is 0.338. The fourth-order valence-corrected chi connectivity index (χ4v) is 4.51. The van der Waals surface area contributed by atoms with Crippen molar-refractivity contribution >= 4 is 54.0 Å². The fraction of sp³-hybridized carbons (Fsp3) is 0.417. The van der Waals surface area contributed by atoms with Gasteiger partial charge in [0.05, 0.1) is 17.6 Å². The van der Waals surface area contributed by atoms with Gasteiger partial charge in [0.25, 0.3) is 0 Å². The molecule has 3 N–H and O–H groups in total. The highest BCUT2D eigenvalue weighted by Crippen LogP contribution is 2.31. The Kier molecular flexibility index (Phi) is 7.07. The summed E-state index contributed by atoms with van der Waals surface area (Å²) in [5.74, 6) is 1.32. The topological polar surface area (TPSA) is 91.8 Å². The summed E-state index contributed by atoms with van der Waals surface area (Å²) >= 11 is 1.65. The lowest BCUT2D eigenvalue weighted by atomic mass is 9.72. The van der Waals surface area contributed by atoms with Gasteiger partial charge in [-0.15, -0.1) is 11.8 Å². The second-order valence-electron chi connectivity index (χ2n) is 8.84. The first kappa shape index (κ1) is 23.4. The first-order chi connectivity index (χ1) is 15.8. The molecule has 2 unspecified atom stereocenters. The van der Waals surface area contributed by atoms with Gasteiger partial charge in [-0.05, 0) is 74.1 Å². The number of carbonyl (C=O) groups is 1. The van der Waals surface area contributed by atoms with Crippen LogP contribution in [-0.4, -0.2) is 40.5 Å². The maximum Gasteiger partial charge on any atom is 0.323 e. The van der Waals surface area contributed by atoms with Crippen LogP contribution >= 0.6 is 11.8 Å². The minimum atomic E-state index is -0.476. The van der Waals surface area contributed by atoms with Crippen LogP contribution in [0, 0.1) is 12.8 Å². The lowest BCUT2D eigenvalue weighted by Gasteiger charge is -2.31. The zero-order chi connectivity index (χ0) is 23.4. The van der Waals surface area contributed by atoms with Crippen LogP contribution in [0.2, 0.25) is 0 Å². The minimum Gasteiger partial charge on any atom is -0.372 e. The van der Waals surface area contributed by atoms with Crippen LogP contribution in [0.1, 0.15) is 44.7 Å². The van der Waals surface area contributed by atoms with E-state index < -0.39 is 5.44 Å². The molecule has 33 heavy (non-hydrogen) atoms. The fourth-order valence-electron chi connectivity index (χ4n) is 4.10. The van der Waals surface area contributed by atoms with Crippen molar-refractivity contribution in [2.45, 2.75) is 56.3 Å². The molecule has 2 heterocycles. The maximum atomic E-state index is 12.5. The molecule has 2 radical (unpaired) electrons. The van der Waals surface area contributed by atoms with Crippen LogP contribution in [0.15, 0.2) is 41.4 Å². The normalized spacial score (nSPS) is 20.8. The number of benzene rings is 1. The molecule has 1 aliphatic carbocycles. The standard InChI is InChI=1S/C24H29BN6OS/c1-15-5-4-11-24(25,12-10-15)31-21-14-26-20-13-19(16(2)27-22(20)30-21)29-23(32)28-17-6-8-18(33-3)9-7-17/h6-9,13-15H,4-5,10-12H2,1-3H3,(H,27,30,31)(H2,28,29,32). The van der Waals surface area contributed by atoms with Gasteiger partial charge in [0, 0.05) is 10.6 Å². The van der Waals surface area contributed by atoms with Gasteiger partial charge in [-0.2, -0.15) is 0 Å². The van der Waals surface area contributed by atoms with E-state index >= 15 is 0 Å². The summed E-state index contributed by atoms with van der Waals surface area (Å²) in [6.45, 7) is 4.11. The largest absolute Gasteiger partial charge is 0.372 e. The first-order valence-corrected chi connectivity index (χ1v) is 12.5. The molecule has 1 saturated carbocycles. The Morgan fingerprint density at radius 1 is 1.15 bits per heavy atom. The van der Waals surface area contributed by atoms with Crippen molar-refractivity contribution in [3.05, 3.63) is 42.2 Å². The first-order valence-electron chi connectivity index (χ1n) is 11.3. The molecule has 2 aromatic heterocycles. The number of thioether (sulfide) groups is 1. The van der Waals surface area contributed by atoms with Gasteiger partial charge < -0.3 is 16.0 Å². The SMILES string of the molecule is [B]C1(Nc2cnc3cc(NC(=O)Nc4ccc(SC)cc4)c(C)nc3n2)CCCC(C)CC1. The van der Waals surface area contributed by atoms with Gasteiger partial charge in [-0.1, -0.05) is 19.8 Å². The molecule has 2 amide bonds. The Labute approximate surface area is 200 Å². The van der Waals surface area contributed by atoms with E-state index in [2.05, 4.69) is 37.8 Å². The van der Waals surface area contributed by atoms with Crippen molar-refractivity contribution in [1.82, 2.24) is 15.0 Å². The van der Waals surface area contributed by atoms with E-state index in [1.807, 2.05) is 37.4 Å². The summed E-state index contributed by atoms with van der Waals surface area (Å²) in [5.41, 5.74) is 2.61. The number of rotatable bonds is 5. The highest BCUT2D eigenvalue weighted by atomic mass is 32.2.